The second kappa shape index (κ2) is 6.75. The molecule has 1 aliphatic carbocycles. The number of nitrogens with one attached hydrogen (secondary N) is 1. The third-order valence-corrected chi connectivity index (χ3v) is 4.02. The second-order valence-corrected chi connectivity index (χ2v) is 5.49. The van der Waals surface area contributed by atoms with E-state index in [1.165, 1.54) is 12.8 Å². The number of hydrogen-bond acceptors (Lipinski definition) is 3. The average Bonchev–Trinajstić information content (AvgIpc) is 2.95. The van der Waals surface area contributed by atoms with Crippen molar-refractivity contribution in [3.63, 3.8) is 0 Å². The van der Waals surface area contributed by atoms with Gasteiger partial charge in [-0.05, 0) is 50.8 Å². The van der Waals surface area contributed by atoms with Gasteiger partial charge in [-0.2, -0.15) is 0 Å². The number of furan rings is 1. The van der Waals surface area contributed by atoms with Gasteiger partial charge in [-0.25, -0.2) is 0 Å². The van der Waals surface area contributed by atoms with Crippen LogP contribution in [0.15, 0.2) is 22.8 Å². The Morgan fingerprint density at radius 2 is 2.16 bits per heavy atom. The highest BCUT2D eigenvalue weighted by Gasteiger charge is 2.28. The molecular formula is C15H24N2O2. The quantitative estimate of drug-likeness (QED) is 0.889. The average molecular weight is 264 g/mol. The molecule has 1 amide bonds. The summed E-state index contributed by atoms with van der Waals surface area (Å²) in [5.74, 6) is 1.27. The van der Waals surface area contributed by atoms with Crippen LogP contribution in [0.1, 0.15) is 43.2 Å². The van der Waals surface area contributed by atoms with Gasteiger partial charge in [0.1, 0.15) is 0 Å². The van der Waals surface area contributed by atoms with E-state index in [0.717, 1.165) is 31.8 Å². The molecule has 0 unspecified atom stereocenters. The van der Waals surface area contributed by atoms with Gasteiger partial charge < -0.3 is 14.6 Å². The van der Waals surface area contributed by atoms with Gasteiger partial charge >= 0.3 is 0 Å². The number of nitrogens with zero attached hydrogens (tertiary/aromatic N) is 1. The first-order valence-corrected chi connectivity index (χ1v) is 7.21. The summed E-state index contributed by atoms with van der Waals surface area (Å²) in [7, 11) is 1.92. The first-order chi connectivity index (χ1) is 9.22. The maximum atomic E-state index is 12.5. The van der Waals surface area contributed by atoms with Crippen molar-refractivity contribution in [3.05, 3.63) is 24.2 Å². The van der Waals surface area contributed by atoms with Crippen molar-refractivity contribution in [2.45, 2.75) is 38.6 Å². The Kier molecular flexibility index (Phi) is 5.02. The fraction of sp³-hybridized carbons (Fsp3) is 0.667. The molecule has 4 heteroatoms. The monoisotopic (exact) mass is 264 g/mol. The molecule has 1 N–H and O–H groups in total. The topological polar surface area (TPSA) is 45.5 Å². The van der Waals surface area contributed by atoms with Crippen LogP contribution in [0.5, 0.6) is 0 Å². The predicted octanol–water partition coefficient (Wildman–Crippen LogP) is 2.52. The summed E-state index contributed by atoms with van der Waals surface area (Å²) < 4.78 is 5.26. The summed E-state index contributed by atoms with van der Waals surface area (Å²) in [6.45, 7) is 3.86. The molecule has 19 heavy (non-hydrogen) atoms. The summed E-state index contributed by atoms with van der Waals surface area (Å²) in [6.07, 6.45) is 6.21. The second-order valence-electron chi connectivity index (χ2n) is 5.49. The highest BCUT2D eigenvalue weighted by Crippen LogP contribution is 2.27. The van der Waals surface area contributed by atoms with E-state index in [0.29, 0.717) is 11.8 Å². The fourth-order valence-corrected chi connectivity index (χ4v) is 2.78. The van der Waals surface area contributed by atoms with E-state index in [9.17, 15) is 4.79 Å². The Hall–Kier alpha value is -1.29. The van der Waals surface area contributed by atoms with Gasteiger partial charge in [0.05, 0.1) is 6.26 Å². The van der Waals surface area contributed by atoms with Crippen molar-refractivity contribution < 1.29 is 9.21 Å². The van der Waals surface area contributed by atoms with Gasteiger partial charge in [-0.3, -0.25) is 4.79 Å². The zero-order chi connectivity index (χ0) is 13.7. The van der Waals surface area contributed by atoms with E-state index in [1.54, 1.807) is 18.4 Å². The van der Waals surface area contributed by atoms with Crippen LogP contribution in [0.2, 0.25) is 0 Å². The van der Waals surface area contributed by atoms with E-state index in [1.807, 2.05) is 11.9 Å². The molecule has 0 bridgehead atoms. The number of carbonyl (C=O) groups is 1. The van der Waals surface area contributed by atoms with E-state index in [4.69, 9.17) is 4.42 Å². The van der Waals surface area contributed by atoms with Crippen molar-refractivity contribution in [1.29, 1.82) is 0 Å². The molecule has 106 valence electrons. The summed E-state index contributed by atoms with van der Waals surface area (Å²) >= 11 is 0. The molecule has 1 saturated carbocycles. The van der Waals surface area contributed by atoms with Crippen molar-refractivity contribution >= 4 is 5.91 Å². The molecule has 2 rings (SSSR count). The Balaban J connectivity index is 2.04. The van der Waals surface area contributed by atoms with Gasteiger partial charge in [0.2, 0.25) is 0 Å². The SMILES string of the molecule is CNCCN(C(=O)c1ccco1)C1CCC(C)CC1. The van der Waals surface area contributed by atoms with Crippen LogP contribution in [-0.4, -0.2) is 37.0 Å². The van der Waals surface area contributed by atoms with Crippen LogP contribution in [0.4, 0.5) is 0 Å². The first-order valence-electron chi connectivity index (χ1n) is 7.21. The third-order valence-electron chi connectivity index (χ3n) is 4.02. The van der Waals surface area contributed by atoms with Crippen molar-refractivity contribution in [3.8, 4) is 0 Å². The number of hydrogen-bond donors (Lipinski definition) is 1. The zero-order valence-electron chi connectivity index (χ0n) is 11.9. The van der Waals surface area contributed by atoms with Gasteiger partial charge in [0.15, 0.2) is 5.76 Å². The molecular weight excluding hydrogens is 240 g/mol. The van der Waals surface area contributed by atoms with E-state index >= 15 is 0 Å². The summed E-state index contributed by atoms with van der Waals surface area (Å²) in [5, 5.41) is 3.12. The lowest BCUT2D eigenvalue weighted by Crippen LogP contribution is -2.45. The van der Waals surface area contributed by atoms with Crippen molar-refractivity contribution in [2.24, 2.45) is 5.92 Å². The van der Waals surface area contributed by atoms with Gasteiger partial charge in [-0.15, -0.1) is 0 Å². The number of amides is 1. The van der Waals surface area contributed by atoms with Crippen LogP contribution < -0.4 is 5.32 Å². The van der Waals surface area contributed by atoms with Crippen LogP contribution in [0, 0.1) is 5.92 Å². The predicted molar refractivity (Wildman–Crippen MR) is 75.1 cm³/mol. The molecule has 1 aromatic rings. The summed E-state index contributed by atoms with van der Waals surface area (Å²) in [4.78, 5) is 14.5. The smallest absolute Gasteiger partial charge is 0.289 e. The molecule has 0 radical (unpaired) electrons. The van der Waals surface area contributed by atoms with E-state index in [2.05, 4.69) is 12.2 Å². The standard InChI is InChI=1S/C15H24N2O2/c1-12-5-7-13(8-6-12)17(10-9-16-2)15(18)14-4-3-11-19-14/h3-4,11-13,16H,5-10H2,1-2H3. The molecule has 0 aromatic carbocycles. The number of carbonyl (C=O) groups excluding carboxylic acids is 1. The lowest BCUT2D eigenvalue weighted by atomic mass is 9.86. The molecule has 0 saturated heterocycles. The van der Waals surface area contributed by atoms with E-state index in [-0.39, 0.29) is 5.91 Å². The molecule has 0 atom stereocenters. The van der Waals surface area contributed by atoms with Gasteiger partial charge in [0.25, 0.3) is 5.91 Å². The maximum absolute atomic E-state index is 12.5. The number of likely N-dealkylation sites (N-methyl/N-ethyl adjacent to an activating group) is 1. The van der Waals surface area contributed by atoms with Gasteiger partial charge in [-0.1, -0.05) is 6.92 Å². The normalized spacial score (nSPS) is 23.3. The third kappa shape index (κ3) is 3.60. The Labute approximate surface area is 115 Å². The minimum Gasteiger partial charge on any atom is -0.459 e. The fourth-order valence-electron chi connectivity index (χ4n) is 2.78. The lowest BCUT2D eigenvalue weighted by molar-refractivity contribution is 0.0586. The Morgan fingerprint density at radius 3 is 2.74 bits per heavy atom. The van der Waals surface area contributed by atoms with Crippen molar-refractivity contribution in [1.82, 2.24) is 10.2 Å². The van der Waals surface area contributed by atoms with Crippen LogP contribution >= 0.6 is 0 Å². The molecule has 1 aromatic heterocycles. The highest BCUT2D eigenvalue weighted by molar-refractivity contribution is 5.91. The molecule has 0 spiro atoms. The first kappa shape index (κ1) is 14.1. The lowest BCUT2D eigenvalue weighted by Gasteiger charge is -2.35. The summed E-state index contributed by atoms with van der Waals surface area (Å²) in [6, 6.07) is 3.88. The molecule has 0 aliphatic heterocycles. The van der Waals surface area contributed by atoms with Crippen LogP contribution in [-0.2, 0) is 0 Å². The molecule has 1 fully saturated rings. The maximum Gasteiger partial charge on any atom is 0.289 e. The minimum atomic E-state index is 0.0276. The van der Waals surface area contributed by atoms with Crippen LogP contribution in [0.3, 0.4) is 0 Å². The van der Waals surface area contributed by atoms with Gasteiger partial charge in [0, 0.05) is 19.1 Å². The molecule has 1 heterocycles. The van der Waals surface area contributed by atoms with Crippen LogP contribution in [0.25, 0.3) is 0 Å². The zero-order valence-corrected chi connectivity index (χ0v) is 11.9. The van der Waals surface area contributed by atoms with E-state index < -0.39 is 0 Å². The number of rotatable bonds is 5. The van der Waals surface area contributed by atoms with Crippen molar-refractivity contribution in [2.75, 3.05) is 20.1 Å². The highest BCUT2D eigenvalue weighted by atomic mass is 16.3. The minimum absolute atomic E-state index is 0.0276. The summed E-state index contributed by atoms with van der Waals surface area (Å²) in [5.41, 5.74) is 0. The Bertz CT molecular complexity index is 381. The molecule has 4 nitrogen and oxygen atoms in total. The molecule has 1 aliphatic rings. The Morgan fingerprint density at radius 1 is 1.42 bits per heavy atom. The largest absolute Gasteiger partial charge is 0.459 e.